The second kappa shape index (κ2) is 8.67. The maximum absolute atomic E-state index is 13.6. The predicted molar refractivity (Wildman–Crippen MR) is 123 cm³/mol. The van der Waals surface area contributed by atoms with Crippen molar-refractivity contribution in [3.8, 4) is 0 Å². The number of hydrogen-bond acceptors (Lipinski definition) is 3. The summed E-state index contributed by atoms with van der Waals surface area (Å²) in [6, 6.07) is 17.5. The Morgan fingerprint density at radius 1 is 0.935 bits per heavy atom. The third kappa shape index (κ3) is 4.28. The summed E-state index contributed by atoms with van der Waals surface area (Å²) < 4.78 is 13.6. The molecule has 0 unspecified atom stereocenters. The minimum atomic E-state index is -0.183. The number of hydrogen-bond donors (Lipinski definition) is 1. The van der Waals surface area contributed by atoms with Gasteiger partial charge >= 0.3 is 0 Å². The van der Waals surface area contributed by atoms with E-state index in [-0.39, 0.29) is 11.7 Å². The molecule has 1 N–H and O–H groups in total. The first-order valence-corrected chi connectivity index (χ1v) is 11.2. The first-order chi connectivity index (χ1) is 15.2. The van der Waals surface area contributed by atoms with Gasteiger partial charge in [-0.25, -0.2) is 4.39 Å². The average molecular weight is 418 g/mol. The van der Waals surface area contributed by atoms with E-state index in [2.05, 4.69) is 39.4 Å². The molecule has 0 radical (unpaired) electrons. The van der Waals surface area contributed by atoms with Crippen LogP contribution >= 0.6 is 0 Å². The highest BCUT2D eigenvalue weighted by atomic mass is 19.1. The molecule has 5 heteroatoms. The molecule has 0 aliphatic carbocycles. The molecule has 31 heavy (non-hydrogen) atoms. The zero-order chi connectivity index (χ0) is 21.2. The van der Waals surface area contributed by atoms with Crippen molar-refractivity contribution in [3.63, 3.8) is 0 Å². The van der Waals surface area contributed by atoms with Gasteiger partial charge in [0.25, 0.3) is 5.91 Å². The van der Waals surface area contributed by atoms with Crippen LogP contribution in [0.15, 0.2) is 54.6 Å². The van der Waals surface area contributed by atoms with E-state index in [9.17, 15) is 9.18 Å². The van der Waals surface area contributed by atoms with Gasteiger partial charge in [0, 0.05) is 49.4 Å². The van der Waals surface area contributed by atoms with Gasteiger partial charge in [-0.1, -0.05) is 24.3 Å². The number of carbonyl (C=O) groups excluding carboxylic acids is 1. The molecule has 5 rings (SSSR count). The number of piperazine rings is 1. The van der Waals surface area contributed by atoms with E-state index < -0.39 is 0 Å². The normalized spacial score (nSPS) is 16.5. The van der Waals surface area contributed by atoms with Crippen molar-refractivity contribution in [1.29, 1.82) is 0 Å². The molecule has 0 saturated carbocycles. The lowest BCUT2D eigenvalue weighted by Gasteiger charge is -2.36. The van der Waals surface area contributed by atoms with Crippen LogP contribution in [0.2, 0.25) is 0 Å². The van der Waals surface area contributed by atoms with E-state index in [0.717, 1.165) is 73.9 Å². The summed E-state index contributed by atoms with van der Waals surface area (Å²) in [5.41, 5.74) is 4.43. The molecule has 0 aromatic heterocycles. The van der Waals surface area contributed by atoms with E-state index in [1.807, 2.05) is 18.2 Å². The fraction of sp³-hybridized carbons (Fsp3) is 0.346. The third-order valence-corrected chi connectivity index (χ3v) is 6.58. The summed E-state index contributed by atoms with van der Waals surface area (Å²) >= 11 is 0. The molecule has 2 aliphatic rings. The first-order valence-electron chi connectivity index (χ1n) is 11.2. The number of fused-ring (bicyclic) bond motifs is 2. The second-order valence-corrected chi connectivity index (χ2v) is 8.60. The number of nitrogens with one attached hydrogen (secondary N) is 1. The molecule has 3 aromatic rings. The molecule has 3 aromatic carbocycles. The molecule has 4 nitrogen and oxygen atoms in total. The lowest BCUT2D eigenvalue weighted by Crippen LogP contribution is -2.46. The highest BCUT2D eigenvalue weighted by molar-refractivity contribution is 5.98. The number of aryl methyl sites for hydroxylation is 1. The molecular weight excluding hydrogens is 389 g/mol. The Morgan fingerprint density at radius 3 is 2.68 bits per heavy atom. The monoisotopic (exact) mass is 417 g/mol. The summed E-state index contributed by atoms with van der Waals surface area (Å²) in [5, 5.41) is 4.97. The van der Waals surface area contributed by atoms with Crippen molar-refractivity contribution in [3.05, 3.63) is 77.1 Å². The Morgan fingerprint density at radius 2 is 1.81 bits per heavy atom. The molecule has 2 aliphatic heterocycles. The maximum Gasteiger partial charge on any atom is 0.251 e. The first kappa shape index (κ1) is 20.0. The molecular formula is C26H28FN3O. The van der Waals surface area contributed by atoms with Crippen molar-refractivity contribution < 1.29 is 9.18 Å². The van der Waals surface area contributed by atoms with Gasteiger partial charge in [0.15, 0.2) is 0 Å². The molecule has 0 spiro atoms. The lowest BCUT2D eigenvalue weighted by molar-refractivity contribution is 0.0965. The number of nitrogens with zero attached hydrogens (tertiary/aromatic N) is 2. The summed E-state index contributed by atoms with van der Waals surface area (Å²) in [4.78, 5) is 16.8. The Labute approximate surface area is 182 Å². The molecule has 2 heterocycles. The van der Waals surface area contributed by atoms with E-state index >= 15 is 0 Å². The van der Waals surface area contributed by atoms with Crippen LogP contribution < -0.4 is 10.2 Å². The van der Waals surface area contributed by atoms with Crippen molar-refractivity contribution in [2.24, 2.45) is 0 Å². The average Bonchev–Trinajstić information content (AvgIpc) is 3.17. The van der Waals surface area contributed by atoms with Gasteiger partial charge in [0.2, 0.25) is 0 Å². The predicted octanol–water partition coefficient (Wildman–Crippen LogP) is 4.37. The molecule has 0 atom stereocenters. The Bertz CT molecular complexity index is 1110. The number of rotatable bonds is 6. The maximum atomic E-state index is 13.6. The smallest absolute Gasteiger partial charge is 0.251 e. The second-order valence-electron chi connectivity index (χ2n) is 8.60. The van der Waals surface area contributed by atoms with Crippen molar-refractivity contribution in [1.82, 2.24) is 10.2 Å². The van der Waals surface area contributed by atoms with Gasteiger partial charge in [-0.15, -0.1) is 0 Å². The molecule has 1 saturated heterocycles. The van der Waals surface area contributed by atoms with Gasteiger partial charge < -0.3 is 10.2 Å². The van der Waals surface area contributed by atoms with Crippen LogP contribution in [0.4, 0.5) is 10.1 Å². The molecule has 1 fully saturated rings. The van der Waals surface area contributed by atoms with Gasteiger partial charge in [0.1, 0.15) is 5.82 Å². The largest absolute Gasteiger partial charge is 0.368 e. The summed E-state index contributed by atoms with van der Waals surface area (Å²) in [5.74, 6) is -0.122. The minimum absolute atomic E-state index is 0.0612. The van der Waals surface area contributed by atoms with Crippen LogP contribution in [0.5, 0.6) is 0 Å². The minimum Gasteiger partial charge on any atom is -0.368 e. The highest BCUT2D eigenvalue weighted by Gasteiger charge is 2.20. The molecule has 0 bridgehead atoms. The number of carbonyl (C=O) groups is 1. The van der Waals surface area contributed by atoms with Crippen LogP contribution in [0.3, 0.4) is 0 Å². The summed E-state index contributed by atoms with van der Waals surface area (Å²) in [7, 11) is 0. The topological polar surface area (TPSA) is 35.6 Å². The van der Waals surface area contributed by atoms with E-state index in [1.54, 1.807) is 12.1 Å². The SMILES string of the molecule is O=C1NCc2ccc(CCCCN3CCN(c4cccc5cc(F)ccc45)CC3)cc21. The van der Waals surface area contributed by atoms with Crippen molar-refractivity contribution in [2.75, 3.05) is 37.6 Å². The van der Waals surface area contributed by atoms with Crippen LogP contribution in [-0.2, 0) is 13.0 Å². The van der Waals surface area contributed by atoms with Gasteiger partial charge in [-0.2, -0.15) is 0 Å². The van der Waals surface area contributed by atoms with Gasteiger partial charge in [0.05, 0.1) is 0 Å². The Hall–Kier alpha value is -2.92. The lowest BCUT2D eigenvalue weighted by atomic mass is 10.0. The zero-order valence-corrected chi connectivity index (χ0v) is 17.7. The van der Waals surface area contributed by atoms with Crippen LogP contribution in [0, 0.1) is 5.82 Å². The van der Waals surface area contributed by atoms with E-state index in [4.69, 9.17) is 0 Å². The fourth-order valence-electron chi connectivity index (χ4n) is 4.81. The number of unbranched alkanes of at least 4 members (excludes halogenated alkanes) is 1. The van der Waals surface area contributed by atoms with E-state index in [1.165, 1.54) is 11.3 Å². The summed E-state index contributed by atoms with van der Waals surface area (Å²) in [6.07, 6.45) is 3.32. The summed E-state index contributed by atoms with van der Waals surface area (Å²) in [6.45, 7) is 5.87. The van der Waals surface area contributed by atoms with E-state index in [0.29, 0.717) is 6.54 Å². The van der Waals surface area contributed by atoms with Crippen LogP contribution in [-0.4, -0.2) is 43.5 Å². The Kier molecular flexibility index (Phi) is 5.60. The molecule has 1 amide bonds. The standard InChI is InChI=1S/C26H28FN3O/c27-22-9-10-23-20(17-22)5-3-6-25(23)30-14-12-29(13-15-30)11-2-1-4-19-7-8-21-18-28-26(31)24(21)16-19/h3,5-10,16-17H,1-2,4,11-15,18H2,(H,28,31). The number of amides is 1. The van der Waals surface area contributed by atoms with Gasteiger partial charge in [-0.3, -0.25) is 9.69 Å². The molecule has 160 valence electrons. The van der Waals surface area contributed by atoms with Crippen molar-refractivity contribution in [2.45, 2.75) is 25.8 Å². The third-order valence-electron chi connectivity index (χ3n) is 6.58. The zero-order valence-electron chi connectivity index (χ0n) is 17.7. The quantitative estimate of drug-likeness (QED) is 0.605. The number of anilines is 1. The highest BCUT2D eigenvalue weighted by Crippen LogP contribution is 2.28. The van der Waals surface area contributed by atoms with Crippen molar-refractivity contribution >= 4 is 22.4 Å². The Balaban J connectivity index is 1.10. The number of benzene rings is 3. The van der Waals surface area contributed by atoms with Crippen LogP contribution in [0.1, 0.15) is 34.3 Å². The van der Waals surface area contributed by atoms with Gasteiger partial charge in [-0.05, 0) is 72.7 Å². The number of halogens is 1. The van der Waals surface area contributed by atoms with Crippen LogP contribution in [0.25, 0.3) is 10.8 Å². The fourth-order valence-corrected chi connectivity index (χ4v) is 4.81.